The summed E-state index contributed by atoms with van der Waals surface area (Å²) in [5, 5.41) is 3.31. The molecule has 1 aromatic carbocycles. The lowest BCUT2D eigenvalue weighted by Gasteiger charge is -2.25. The maximum absolute atomic E-state index is 13.8. The van der Waals surface area contributed by atoms with E-state index >= 15 is 0 Å². The van der Waals surface area contributed by atoms with Crippen molar-refractivity contribution < 1.29 is 8.78 Å². The van der Waals surface area contributed by atoms with Crippen LogP contribution in [0.15, 0.2) is 16.6 Å². The first-order chi connectivity index (χ1) is 7.52. The molecule has 1 aliphatic rings. The second-order valence-electron chi connectivity index (χ2n) is 4.59. The highest BCUT2D eigenvalue weighted by atomic mass is 79.9. The second kappa shape index (κ2) is 4.41. The molecule has 1 aromatic rings. The lowest BCUT2D eigenvalue weighted by Crippen LogP contribution is -2.38. The highest BCUT2D eigenvalue weighted by Gasteiger charge is 2.30. The van der Waals surface area contributed by atoms with E-state index in [9.17, 15) is 8.78 Å². The van der Waals surface area contributed by atoms with Crippen LogP contribution in [-0.4, -0.2) is 12.1 Å². The Morgan fingerprint density at radius 1 is 1.44 bits per heavy atom. The van der Waals surface area contributed by atoms with Crippen molar-refractivity contribution >= 4 is 15.9 Å². The van der Waals surface area contributed by atoms with Gasteiger partial charge in [0.25, 0.3) is 0 Å². The molecular formula is C12H14BrF2N. The first-order valence-corrected chi connectivity index (χ1v) is 6.18. The zero-order valence-electron chi connectivity index (χ0n) is 9.12. The Hall–Kier alpha value is -0.480. The van der Waals surface area contributed by atoms with E-state index in [1.165, 1.54) is 12.1 Å². The molecule has 16 heavy (non-hydrogen) atoms. The van der Waals surface area contributed by atoms with E-state index in [1.807, 2.05) is 6.92 Å². The van der Waals surface area contributed by atoms with Crippen molar-refractivity contribution in [1.82, 2.24) is 5.32 Å². The predicted molar refractivity (Wildman–Crippen MR) is 63.4 cm³/mol. The number of rotatable bonds is 2. The quantitative estimate of drug-likeness (QED) is 0.823. The largest absolute Gasteiger partial charge is 0.311 e. The topological polar surface area (TPSA) is 12.0 Å². The molecular weight excluding hydrogens is 276 g/mol. The Labute approximate surface area is 102 Å². The van der Waals surface area contributed by atoms with E-state index in [-0.39, 0.29) is 11.1 Å². The van der Waals surface area contributed by atoms with Gasteiger partial charge in [0, 0.05) is 11.1 Å². The van der Waals surface area contributed by atoms with Gasteiger partial charge in [-0.1, -0.05) is 0 Å². The molecule has 0 radical (unpaired) electrons. The number of benzene rings is 1. The third-order valence-corrected chi connectivity index (χ3v) is 3.78. The van der Waals surface area contributed by atoms with Crippen LogP contribution in [0.3, 0.4) is 0 Å². The molecule has 1 fully saturated rings. The molecule has 0 bridgehead atoms. The maximum Gasteiger partial charge on any atom is 0.143 e. The Balaban J connectivity index is 2.30. The number of halogens is 3. The summed E-state index contributed by atoms with van der Waals surface area (Å²) in [6.45, 7) is 2.94. The molecule has 1 aliphatic heterocycles. The molecule has 2 rings (SSSR count). The van der Waals surface area contributed by atoms with E-state index < -0.39 is 11.6 Å². The minimum Gasteiger partial charge on any atom is -0.311 e. The summed E-state index contributed by atoms with van der Waals surface area (Å²) >= 11 is 3.09. The van der Waals surface area contributed by atoms with Gasteiger partial charge in [-0.25, -0.2) is 8.78 Å². The van der Waals surface area contributed by atoms with Gasteiger partial charge in [-0.3, -0.25) is 0 Å². The Morgan fingerprint density at radius 3 is 2.81 bits per heavy atom. The minimum atomic E-state index is -0.477. The van der Waals surface area contributed by atoms with Crippen molar-refractivity contribution in [2.24, 2.45) is 0 Å². The number of hydrogen-bond acceptors (Lipinski definition) is 1. The molecule has 0 spiro atoms. The zero-order chi connectivity index (χ0) is 11.8. The van der Waals surface area contributed by atoms with Gasteiger partial charge in [-0.2, -0.15) is 0 Å². The van der Waals surface area contributed by atoms with Crippen LogP contribution in [-0.2, 0) is 6.42 Å². The van der Waals surface area contributed by atoms with Gasteiger partial charge in [0.2, 0.25) is 0 Å². The van der Waals surface area contributed by atoms with Gasteiger partial charge in [0.15, 0.2) is 0 Å². The van der Waals surface area contributed by atoms with E-state index in [0.29, 0.717) is 10.9 Å². The molecule has 0 saturated carbocycles. The third-order valence-electron chi connectivity index (χ3n) is 3.16. The molecule has 0 aromatic heterocycles. The van der Waals surface area contributed by atoms with Gasteiger partial charge >= 0.3 is 0 Å². The van der Waals surface area contributed by atoms with Crippen LogP contribution in [0.25, 0.3) is 0 Å². The van der Waals surface area contributed by atoms with Gasteiger partial charge < -0.3 is 5.32 Å². The summed E-state index contributed by atoms with van der Waals surface area (Å²) in [5.41, 5.74) is -0.00562. The summed E-state index contributed by atoms with van der Waals surface area (Å²) in [7, 11) is 0. The predicted octanol–water partition coefficient (Wildman–Crippen LogP) is 3.41. The highest BCUT2D eigenvalue weighted by Crippen LogP contribution is 2.28. The van der Waals surface area contributed by atoms with Crippen molar-refractivity contribution in [2.75, 3.05) is 6.54 Å². The lowest BCUT2D eigenvalue weighted by molar-refractivity contribution is 0.394. The van der Waals surface area contributed by atoms with Crippen molar-refractivity contribution in [3.8, 4) is 0 Å². The summed E-state index contributed by atoms with van der Waals surface area (Å²) in [5.74, 6) is -0.939. The molecule has 1 unspecified atom stereocenters. The standard InChI is InChI=1S/C12H14BrF2N/c1-12(5-2-6-16-12)7-8-10(14)4-3-9(13)11(8)15/h3-4,16H,2,5-7H2,1H3. The van der Waals surface area contributed by atoms with Gasteiger partial charge in [0.1, 0.15) is 11.6 Å². The Morgan fingerprint density at radius 2 is 2.19 bits per heavy atom. The van der Waals surface area contributed by atoms with Gasteiger partial charge in [-0.05, 0) is 60.8 Å². The minimum absolute atomic E-state index is 0.172. The van der Waals surface area contributed by atoms with Crippen LogP contribution in [0.1, 0.15) is 25.3 Å². The lowest BCUT2D eigenvalue weighted by atomic mass is 9.91. The number of hydrogen-bond donors (Lipinski definition) is 1. The normalized spacial score (nSPS) is 25.0. The van der Waals surface area contributed by atoms with E-state index in [0.717, 1.165) is 19.4 Å². The zero-order valence-corrected chi connectivity index (χ0v) is 10.7. The molecule has 1 heterocycles. The third kappa shape index (κ3) is 2.28. The monoisotopic (exact) mass is 289 g/mol. The van der Waals surface area contributed by atoms with Crippen LogP contribution in [0, 0.1) is 11.6 Å². The smallest absolute Gasteiger partial charge is 0.143 e. The highest BCUT2D eigenvalue weighted by molar-refractivity contribution is 9.10. The molecule has 1 nitrogen and oxygen atoms in total. The van der Waals surface area contributed by atoms with Crippen molar-refractivity contribution in [3.05, 3.63) is 33.8 Å². The first kappa shape index (κ1) is 12.0. The van der Waals surface area contributed by atoms with Crippen molar-refractivity contribution in [2.45, 2.75) is 31.7 Å². The van der Waals surface area contributed by atoms with Crippen LogP contribution in [0.4, 0.5) is 8.78 Å². The van der Waals surface area contributed by atoms with E-state index in [1.54, 1.807) is 0 Å². The Kier molecular flexibility index (Phi) is 3.31. The molecule has 88 valence electrons. The fraction of sp³-hybridized carbons (Fsp3) is 0.500. The number of nitrogens with one attached hydrogen (secondary N) is 1. The molecule has 0 aliphatic carbocycles. The van der Waals surface area contributed by atoms with Gasteiger partial charge in [-0.15, -0.1) is 0 Å². The van der Waals surface area contributed by atoms with E-state index in [2.05, 4.69) is 21.2 Å². The van der Waals surface area contributed by atoms with Crippen molar-refractivity contribution in [1.29, 1.82) is 0 Å². The average Bonchev–Trinajstić information content (AvgIpc) is 2.66. The molecule has 1 atom stereocenters. The molecule has 0 amide bonds. The van der Waals surface area contributed by atoms with Crippen LogP contribution >= 0.6 is 15.9 Å². The fourth-order valence-electron chi connectivity index (χ4n) is 2.23. The first-order valence-electron chi connectivity index (χ1n) is 5.39. The SMILES string of the molecule is CC1(Cc2c(F)ccc(Br)c2F)CCCN1. The average molecular weight is 290 g/mol. The van der Waals surface area contributed by atoms with Crippen LogP contribution in [0.5, 0.6) is 0 Å². The van der Waals surface area contributed by atoms with E-state index in [4.69, 9.17) is 0 Å². The molecule has 1 N–H and O–H groups in total. The second-order valence-corrected chi connectivity index (χ2v) is 5.44. The summed E-state index contributed by atoms with van der Waals surface area (Å²) in [6.07, 6.45) is 2.41. The molecule has 1 saturated heterocycles. The molecule has 4 heteroatoms. The summed E-state index contributed by atoms with van der Waals surface area (Å²) < 4.78 is 27.7. The Bertz CT molecular complexity index is 400. The maximum atomic E-state index is 13.8. The van der Waals surface area contributed by atoms with Crippen molar-refractivity contribution in [3.63, 3.8) is 0 Å². The summed E-state index contributed by atoms with van der Waals surface area (Å²) in [6, 6.07) is 2.71. The van der Waals surface area contributed by atoms with Crippen LogP contribution in [0.2, 0.25) is 0 Å². The summed E-state index contributed by atoms with van der Waals surface area (Å²) in [4.78, 5) is 0. The van der Waals surface area contributed by atoms with Crippen LogP contribution < -0.4 is 5.32 Å². The van der Waals surface area contributed by atoms with Gasteiger partial charge in [0.05, 0.1) is 4.47 Å². The fourth-order valence-corrected chi connectivity index (χ4v) is 2.60.